The Bertz CT molecular complexity index is 974. The van der Waals surface area contributed by atoms with Crippen molar-refractivity contribution in [1.82, 2.24) is 9.55 Å². The van der Waals surface area contributed by atoms with Gasteiger partial charge >= 0.3 is 0 Å². The van der Waals surface area contributed by atoms with Crippen LogP contribution < -0.4 is 10.1 Å². The summed E-state index contributed by atoms with van der Waals surface area (Å²) in [4.78, 5) is 18.2. The van der Waals surface area contributed by atoms with Gasteiger partial charge in [-0.2, -0.15) is 4.98 Å². The van der Waals surface area contributed by atoms with E-state index in [0.29, 0.717) is 10.8 Å². The molecule has 2 aromatic heterocycles. The molecule has 2 N–H and O–H groups in total. The lowest BCUT2D eigenvalue weighted by molar-refractivity contribution is 0.102. The van der Waals surface area contributed by atoms with Crippen LogP contribution in [-0.4, -0.2) is 27.7 Å². The minimum Gasteiger partial charge on any atom is -0.497 e. The van der Waals surface area contributed by atoms with Gasteiger partial charge in [0.15, 0.2) is 0 Å². The van der Waals surface area contributed by atoms with Gasteiger partial charge in [-0.3, -0.25) is 10.1 Å². The van der Waals surface area contributed by atoms with E-state index in [4.69, 9.17) is 4.74 Å². The van der Waals surface area contributed by atoms with Crippen molar-refractivity contribution < 1.29 is 14.6 Å². The van der Waals surface area contributed by atoms with E-state index in [9.17, 15) is 9.90 Å². The molecule has 3 aromatic rings. The van der Waals surface area contributed by atoms with Gasteiger partial charge in [0.1, 0.15) is 5.75 Å². The van der Waals surface area contributed by atoms with Gasteiger partial charge in [0.05, 0.1) is 18.2 Å². The molecule has 0 aliphatic heterocycles. The van der Waals surface area contributed by atoms with Crippen molar-refractivity contribution >= 4 is 23.2 Å². The average Bonchev–Trinajstić information content (AvgIpc) is 3.17. The first-order chi connectivity index (χ1) is 12.0. The number of aromatic hydroxyl groups is 1. The number of nitrogens with zero attached hydrogens (tertiary/aromatic N) is 2. The highest BCUT2D eigenvalue weighted by molar-refractivity contribution is 7.17. The summed E-state index contributed by atoms with van der Waals surface area (Å²) in [5.74, 6) is 0.833. The molecule has 0 atom stereocenters. The van der Waals surface area contributed by atoms with Gasteiger partial charge in [0.2, 0.25) is 11.8 Å². The number of carbonyl (C=O) groups excluding carboxylic acids is 1. The normalized spacial score (nSPS) is 12.4. The van der Waals surface area contributed by atoms with E-state index in [1.807, 2.05) is 12.1 Å². The molecule has 7 heteroatoms. The molecule has 0 bridgehead atoms. The molecule has 1 aromatic carbocycles. The standard InChI is InChI=1S/C18H17N3O3S/c1-21-9-15(22)19-18(21)20-17(23)14-8-11-4-3-10-7-12(24-2)5-6-13(10)16(11)25-14/h5-9,22H,3-4H2,1-2H3,(H,19,20,23). The number of anilines is 1. The number of hydrogen-bond acceptors (Lipinski definition) is 5. The summed E-state index contributed by atoms with van der Waals surface area (Å²) in [5, 5.41) is 12.2. The summed E-state index contributed by atoms with van der Waals surface area (Å²) in [6.07, 6.45) is 3.28. The molecular weight excluding hydrogens is 338 g/mol. The largest absolute Gasteiger partial charge is 0.497 e. The van der Waals surface area contributed by atoms with Crippen LogP contribution in [0.2, 0.25) is 0 Å². The van der Waals surface area contributed by atoms with Crippen molar-refractivity contribution in [3.8, 4) is 22.1 Å². The number of imidazole rings is 1. The number of aromatic nitrogens is 2. The first-order valence-corrected chi connectivity index (χ1v) is 8.70. The highest BCUT2D eigenvalue weighted by Gasteiger charge is 2.22. The molecule has 0 unspecified atom stereocenters. The lowest BCUT2D eigenvalue weighted by Crippen LogP contribution is -2.13. The summed E-state index contributed by atoms with van der Waals surface area (Å²) in [6, 6.07) is 8.02. The molecule has 0 saturated carbocycles. The monoisotopic (exact) mass is 355 g/mol. The number of benzene rings is 1. The minimum atomic E-state index is -0.219. The van der Waals surface area contributed by atoms with E-state index < -0.39 is 0 Å². The molecule has 0 saturated heterocycles. The number of hydrogen-bond donors (Lipinski definition) is 2. The second kappa shape index (κ2) is 5.93. The van der Waals surface area contributed by atoms with Gasteiger partial charge in [-0.05, 0) is 53.8 Å². The zero-order valence-electron chi connectivity index (χ0n) is 13.9. The summed E-state index contributed by atoms with van der Waals surface area (Å²) >= 11 is 1.48. The Hall–Kier alpha value is -2.80. The van der Waals surface area contributed by atoms with E-state index in [1.54, 1.807) is 18.7 Å². The Morgan fingerprint density at radius 3 is 2.84 bits per heavy atom. The lowest BCUT2D eigenvalue weighted by atomic mass is 9.91. The Morgan fingerprint density at radius 1 is 1.32 bits per heavy atom. The van der Waals surface area contributed by atoms with Crippen molar-refractivity contribution in [1.29, 1.82) is 0 Å². The van der Waals surface area contributed by atoms with Crippen molar-refractivity contribution in [2.45, 2.75) is 12.8 Å². The van der Waals surface area contributed by atoms with Crippen molar-refractivity contribution in [2.24, 2.45) is 7.05 Å². The SMILES string of the molecule is COc1ccc2c(c1)CCc1cc(C(=O)Nc3nc(O)cn3C)sc1-2. The van der Waals surface area contributed by atoms with Gasteiger partial charge in [0, 0.05) is 11.9 Å². The molecule has 1 aliphatic carbocycles. The predicted molar refractivity (Wildman–Crippen MR) is 96.5 cm³/mol. The maximum Gasteiger partial charge on any atom is 0.268 e. The Labute approximate surface area is 148 Å². The van der Waals surface area contributed by atoms with E-state index in [2.05, 4.69) is 22.4 Å². The number of fused-ring (bicyclic) bond motifs is 3. The molecule has 0 fully saturated rings. The summed E-state index contributed by atoms with van der Waals surface area (Å²) in [5.41, 5.74) is 3.60. The molecule has 4 rings (SSSR count). The maximum absolute atomic E-state index is 12.6. The number of aryl methyl sites for hydroxylation is 3. The third-order valence-electron chi connectivity index (χ3n) is 4.34. The van der Waals surface area contributed by atoms with E-state index >= 15 is 0 Å². The fourth-order valence-electron chi connectivity index (χ4n) is 3.08. The molecule has 25 heavy (non-hydrogen) atoms. The van der Waals surface area contributed by atoms with Gasteiger partial charge in [-0.25, -0.2) is 0 Å². The Kier molecular flexibility index (Phi) is 3.73. The zero-order valence-corrected chi connectivity index (χ0v) is 14.7. The molecule has 128 valence electrons. The number of rotatable bonds is 3. The number of nitrogens with one attached hydrogen (secondary N) is 1. The zero-order chi connectivity index (χ0) is 17.6. The fraction of sp³-hybridized carbons (Fsp3) is 0.222. The summed E-state index contributed by atoms with van der Waals surface area (Å²) in [6.45, 7) is 0. The third kappa shape index (κ3) is 2.76. The number of ether oxygens (including phenoxy) is 1. The number of amides is 1. The topological polar surface area (TPSA) is 76.4 Å². The fourth-order valence-corrected chi connectivity index (χ4v) is 4.24. The molecule has 0 radical (unpaired) electrons. The minimum absolute atomic E-state index is 0.119. The molecular formula is C18H17N3O3S. The van der Waals surface area contributed by atoms with Crippen molar-refractivity contribution in [3.63, 3.8) is 0 Å². The van der Waals surface area contributed by atoms with E-state index in [1.165, 1.54) is 34.2 Å². The number of methoxy groups -OCH3 is 1. The second-order valence-electron chi connectivity index (χ2n) is 5.98. The van der Waals surface area contributed by atoms with Crippen LogP contribution in [0.25, 0.3) is 10.4 Å². The van der Waals surface area contributed by atoms with Gasteiger partial charge in [-0.15, -0.1) is 11.3 Å². The average molecular weight is 355 g/mol. The van der Waals surface area contributed by atoms with Crippen LogP contribution in [0.3, 0.4) is 0 Å². The van der Waals surface area contributed by atoms with Crippen LogP contribution in [0.5, 0.6) is 11.6 Å². The summed E-state index contributed by atoms with van der Waals surface area (Å²) in [7, 11) is 3.38. The number of carbonyl (C=O) groups is 1. The second-order valence-corrected chi connectivity index (χ2v) is 7.03. The van der Waals surface area contributed by atoms with Crippen LogP contribution in [-0.2, 0) is 19.9 Å². The lowest BCUT2D eigenvalue weighted by Gasteiger charge is -2.16. The quantitative estimate of drug-likeness (QED) is 0.756. The van der Waals surface area contributed by atoms with Gasteiger partial charge in [-0.1, -0.05) is 0 Å². The first-order valence-electron chi connectivity index (χ1n) is 7.89. The first kappa shape index (κ1) is 15.7. The third-order valence-corrected chi connectivity index (χ3v) is 5.55. The van der Waals surface area contributed by atoms with Gasteiger partial charge < -0.3 is 14.4 Å². The smallest absolute Gasteiger partial charge is 0.268 e. The highest BCUT2D eigenvalue weighted by atomic mass is 32.1. The summed E-state index contributed by atoms with van der Waals surface area (Å²) < 4.78 is 6.87. The number of thiophene rings is 1. The van der Waals surface area contributed by atoms with Crippen molar-refractivity contribution in [3.05, 3.63) is 46.5 Å². The van der Waals surface area contributed by atoms with Crippen LogP contribution in [0, 0.1) is 0 Å². The molecule has 1 amide bonds. The predicted octanol–water partition coefficient (Wildman–Crippen LogP) is 3.21. The Balaban J connectivity index is 1.65. The van der Waals surface area contributed by atoms with Crippen LogP contribution >= 0.6 is 11.3 Å². The van der Waals surface area contributed by atoms with Crippen LogP contribution in [0.4, 0.5) is 5.95 Å². The maximum atomic E-state index is 12.6. The van der Waals surface area contributed by atoms with Gasteiger partial charge in [0.25, 0.3) is 5.91 Å². The highest BCUT2D eigenvalue weighted by Crippen LogP contribution is 2.40. The molecule has 6 nitrogen and oxygen atoms in total. The van der Waals surface area contributed by atoms with Crippen LogP contribution in [0.1, 0.15) is 20.8 Å². The molecule has 2 heterocycles. The van der Waals surface area contributed by atoms with E-state index in [-0.39, 0.29) is 11.8 Å². The van der Waals surface area contributed by atoms with Crippen LogP contribution in [0.15, 0.2) is 30.5 Å². The Morgan fingerprint density at radius 2 is 2.12 bits per heavy atom. The van der Waals surface area contributed by atoms with E-state index in [0.717, 1.165) is 23.5 Å². The molecule has 1 aliphatic rings. The molecule has 0 spiro atoms. The van der Waals surface area contributed by atoms with Crippen molar-refractivity contribution in [2.75, 3.05) is 12.4 Å².